The van der Waals surface area contributed by atoms with Crippen molar-refractivity contribution in [3.8, 4) is 5.75 Å². The van der Waals surface area contributed by atoms with Gasteiger partial charge in [0, 0.05) is 37.9 Å². The van der Waals surface area contributed by atoms with Crippen molar-refractivity contribution >= 4 is 17.3 Å². The molecule has 1 fully saturated rings. The van der Waals surface area contributed by atoms with Crippen LogP contribution in [0.15, 0.2) is 18.2 Å². The van der Waals surface area contributed by atoms with Gasteiger partial charge < -0.3 is 20.7 Å². The summed E-state index contributed by atoms with van der Waals surface area (Å²) in [6.07, 6.45) is 0. The van der Waals surface area contributed by atoms with Crippen LogP contribution in [0.25, 0.3) is 0 Å². The number of nitrogen functional groups attached to an aromatic ring is 1. The van der Waals surface area contributed by atoms with Gasteiger partial charge in [-0.05, 0) is 19.2 Å². The number of anilines is 2. The van der Waals surface area contributed by atoms with Gasteiger partial charge in [-0.25, -0.2) is 0 Å². The Hall–Kier alpha value is -1.79. The standard InChI is InChI=1S/C14H22N4O2/c1-17-5-7-18(8-6-17)10-14(19)16-12-4-3-11(15)9-13(12)20-2/h3-4,9H,5-8,10,15H2,1-2H3,(H,16,19). The molecule has 0 saturated carbocycles. The van der Waals surface area contributed by atoms with Crippen LogP contribution in [0.1, 0.15) is 0 Å². The van der Waals surface area contributed by atoms with Crippen LogP contribution in [0.2, 0.25) is 0 Å². The van der Waals surface area contributed by atoms with Crippen LogP contribution in [-0.4, -0.2) is 62.6 Å². The third kappa shape index (κ3) is 3.85. The molecule has 0 bridgehead atoms. The molecule has 6 heteroatoms. The molecule has 3 N–H and O–H groups in total. The van der Waals surface area contributed by atoms with Gasteiger partial charge in [0.25, 0.3) is 0 Å². The van der Waals surface area contributed by atoms with Gasteiger partial charge >= 0.3 is 0 Å². The molecule has 0 atom stereocenters. The lowest BCUT2D eigenvalue weighted by atomic mass is 10.2. The zero-order valence-electron chi connectivity index (χ0n) is 12.1. The van der Waals surface area contributed by atoms with E-state index in [1.54, 1.807) is 25.3 Å². The van der Waals surface area contributed by atoms with E-state index in [4.69, 9.17) is 10.5 Å². The Labute approximate surface area is 119 Å². The first-order valence-corrected chi connectivity index (χ1v) is 6.73. The number of nitrogens with zero attached hydrogens (tertiary/aromatic N) is 2. The van der Waals surface area contributed by atoms with Gasteiger partial charge in [0.2, 0.25) is 5.91 Å². The fraction of sp³-hybridized carbons (Fsp3) is 0.500. The number of benzene rings is 1. The number of nitrogens with two attached hydrogens (primary N) is 1. The fourth-order valence-corrected chi connectivity index (χ4v) is 2.21. The number of nitrogens with one attached hydrogen (secondary N) is 1. The van der Waals surface area contributed by atoms with Crippen LogP contribution in [0.3, 0.4) is 0 Å². The molecular weight excluding hydrogens is 256 g/mol. The third-order valence-corrected chi connectivity index (χ3v) is 3.46. The number of piperazine rings is 1. The van der Waals surface area contributed by atoms with Crippen molar-refractivity contribution in [3.05, 3.63) is 18.2 Å². The predicted molar refractivity (Wildman–Crippen MR) is 80.0 cm³/mol. The average Bonchev–Trinajstić information content (AvgIpc) is 2.43. The Morgan fingerprint density at radius 3 is 2.70 bits per heavy atom. The monoisotopic (exact) mass is 278 g/mol. The minimum absolute atomic E-state index is 0.0300. The van der Waals surface area contributed by atoms with Crippen molar-refractivity contribution in [2.24, 2.45) is 0 Å². The highest BCUT2D eigenvalue weighted by Gasteiger charge is 2.17. The first kappa shape index (κ1) is 14.6. The highest BCUT2D eigenvalue weighted by Crippen LogP contribution is 2.26. The largest absolute Gasteiger partial charge is 0.494 e. The first-order valence-electron chi connectivity index (χ1n) is 6.73. The van der Waals surface area contributed by atoms with E-state index < -0.39 is 0 Å². The molecule has 0 radical (unpaired) electrons. The zero-order valence-corrected chi connectivity index (χ0v) is 12.1. The molecule has 1 aliphatic heterocycles. The third-order valence-electron chi connectivity index (χ3n) is 3.46. The maximum absolute atomic E-state index is 12.1. The number of rotatable bonds is 4. The van der Waals surface area contributed by atoms with Gasteiger partial charge in [-0.3, -0.25) is 9.69 Å². The summed E-state index contributed by atoms with van der Waals surface area (Å²) in [6, 6.07) is 5.20. The van der Waals surface area contributed by atoms with Crippen molar-refractivity contribution in [2.75, 3.05) is 57.9 Å². The fourth-order valence-electron chi connectivity index (χ4n) is 2.21. The minimum atomic E-state index is -0.0300. The summed E-state index contributed by atoms with van der Waals surface area (Å²) in [5.41, 5.74) is 6.95. The van der Waals surface area contributed by atoms with Gasteiger partial charge in [-0.1, -0.05) is 0 Å². The summed E-state index contributed by atoms with van der Waals surface area (Å²) in [6.45, 7) is 4.24. The molecule has 110 valence electrons. The quantitative estimate of drug-likeness (QED) is 0.783. The molecule has 1 aromatic rings. The van der Waals surface area contributed by atoms with Gasteiger partial charge in [0.15, 0.2) is 0 Å². The van der Waals surface area contributed by atoms with Crippen LogP contribution in [0, 0.1) is 0 Å². The predicted octanol–water partition coefficient (Wildman–Crippen LogP) is 0.463. The molecule has 0 aromatic heterocycles. The Morgan fingerprint density at radius 1 is 1.35 bits per heavy atom. The minimum Gasteiger partial charge on any atom is -0.494 e. The Kier molecular flexibility index (Phi) is 4.81. The number of hydrogen-bond donors (Lipinski definition) is 2. The van der Waals surface area contributed by atoms with Crippen LogP contribution >= 0.6 is 0 Å². The lowest BCUT2D eigenvalue weighted by Crippen LogP contribution is -2.47. The van der Waals surface area contributed by atoms with E-state index in [2.05, 4.69) is 22.2 Å². The lowest BCUT2D eigenvalue weighted by Gasteiger charge is -2.31. The van der Waals surface area contributed by atoms with Crippen molar-refractivity contribution in [3.63, 3.8) is 0 Å². The molecule has 1 aliphatic rings. The topological polar surface area (TPSA) is 70.8 Å². The zero-order chi connectivity index (χ0) is 14.5. The van der Waals surface area contributed by atoms with Gasteiger partial charge in [0.05, 0.1) is 19.3 Å². The van der Waals surface area contributed by atoms with Crippen LogP contribution in [-0.2, 0) is 4.79 Å². The number of likely N-dealkylation sites (N-methyl/N-ethyl adjacent to an activating group) is 1. The molecule has 1 aromatic carbocycles. The van der Waals surface area contributed by atoms with E-state index in [1.165, 1.54) is 0 Å². The molecule has 1 amide bonds. The lowest BCUT2D eigenvalue weighted by molar-refractivity contribution is -0.117. The maximum Gasteiger partial charge on any atom is 0.238 e. The molecule has 2 rings (SSSR count). The average molecular weight is 278 g/mol. The number of carbonyl (C=O) groups is 1. The first-order chi connectivity index (χ1) is 9.58. The van der Waals surface area contributed by atoms with Crippen molar-refractivity contribution in [2.45, 2.75) is 0 Å². The SMILES string of the molecule is COc1cc(N)ccc1NC(=O)CN1CCN(C)CC1. The van der Waals surface area contributed by atoms with E-state index in [9.17, 15) is 4.79 Å². The highest BCUT2D eigenvalue weighted by atomic mass is 16.5. The second kappa shape index (κ2) is 6.58. The van der Waals surface area contributed by atoms with E-state index >= 15 is 0 Å². The highest BCUT2D eigenvalue weighted by molar-refractivity contribution is 5.94. The summed E-state index contributed by atoms with van der Waals surface area (Å²) in [4.78, 5) is 16.5. The van der Waals surface area contributed by atoms with Crippen LogP contribution < -0.4 is 15.8 Å². The molecule has 6 nitrogen and oxygen atoms in total. The molecule has 20 heavy (non-hydrogen) atoms. The van der Waals surface area contributed by atoms with Crippen molar-refractivity contribution in [1.82, 2.24) is 9.80 Å². The van der Waals surface area contributed by atoms with E-state index in [0.717, 1.165) is 26.2 Å². The van der Waals surface area contributed by atoms with Crippen molar-refractivity contribution < 1.29 is 9.53 Å². The van der Waals surface area contributed by atoms with Gasteiger partial charge in [0.1, 0.15) is 5.75 Å². The van der Waals surface area contributed by atoms with Crippen molar-refractivity contribution in [1.29, 1.82) is 0 Å². The molecular formula is C14H22N4O2. The normalized spacial score (nSPS) is 16.9. The molecule has 1 heterocycles. The summed E-state index contributed by atoms with van der Waals surface area (Å²) >= 11 is 0. The van der Waals surface area contributed by atoms with E-state index in [0.29, 0.717) is 23.7 Å². The van der Waals surface area contributed by atoms with Crippen LogP contribution in [0.4, 0.5) is 11.4 Å². The number of carbonyl (C=O) groups excluding carboxylic acids is 1. The van der Waals surface area contributed by atoms with Crippen LogP contribution in [0.5, 0.6) is 5.75 Å². The summed E-state index contributed by atoms with van der Waals surface area (Å²) < 4.78 is 5.22. The van der Waals surface area contributed by atoms with Gasteiger partial charge in [-0.2, -0.15) is 0 Å². The Morgan fingerprint density at radius 2 is 2.05 bits per heavy atom. The molecule has 0 spiro atoms. The Balaban J connectivity index is 1.91. The molecule has 0 aliphatic carbocycles. The number of hydrogen-bond acceptors (Lipinski definition) is 5. The summed E-state index contributed by atoms with van der Waals surface area (Å²) in [5, 5.41) is 2.87. The molecule has 0 unspecified atom stereocenters. The van der Waals surface area contributed by atoms with E-state index in [-0.39, 0.29) is 5.91 Å². The summed E-state index contributed by atoms with van der Waals surface area (Å²) in [7, 11) is 3.65. The second-order valence-corrected chi connectivity index (χ2v) is 5.09. The van der Waals surface area contributed by atoms with Gasteiger partial charge in [-0.15, -0.1) is 0 Å². The smallest absolute Gasteiger partial charge is 0.238 e. The number of amides is 1. The number of ether oxygens (including phenoxy) is 1. The molecule has 1 saturated heterocycles. The Bertz CT molecular complexity index is 470. The number of methoxy groups -OCH3 is 1. The maximum atomic E-state index is 12.1. The van der Waals surface area contributed by atoms with E-state index in [1.807, 2.05) is 0 Å². The summed E-state index contributed by atoms with van der Waals surface area (Å²) in [5.74, 6) is 0.550. The second-order valence-electron chi connectivity index (χ2n) is 5.09.